The van der Waals surface area contributed by atoms with Gasteiger partial charge >= 0.3 is 0 Å². The van der Waals surface area contributed by atoms with Crippen molar-refractivity contribution >= 4 is 5.91 Å². The van der Waals surface area contributed by atoms with Crippen molar-refractivity contribution in [2.75, 3.05) is 7.11 Å². The first-order valence-electron chi connectivity index (χ1n) is 5.39. The highest BCUT2D eigenvalue weighted by molar-refractivity contribution is 5.81. The normalized spacial score (nSPS) is 34.8. The summed E-state index contributed by atoms with van der Waals surface area (Å²) in [5, 5.41) is 3.11. The number of hydrogen-bond donors (Lipinski definition) is 1. The molecule has 0 aromatic rings. The van der Waals surface area contributed by atoms with E-state index in [2.05, 4.69) is 19.2 Å². The average Bonchev–Trinajstić information content (AvgIpc) is 2.93. The SMILES string of the molecule is COC1CC(NC(=O)C2CC2)C1(C)C. The number of nitrogens with one attached hydrogen (secondary N) is 1. The zero-order valence-electron chi connectivity index (χ0n) is 9.17. The Hall–Kier alpha value is -0.570. The number of methoxy groups -OCH3 is 1. The molecule has 0 bridgehead atoms. The molecule has 2 unspecified atom stereocenters. The molecule has 0 aliphatic heterocycles. The number of carbonyl (C=O) groups is 1. The molecule has 0 radical (unpaired) electrons. The van der Waals surface area contributed by atoms with Crippen LogP contribution in [-0.2, 0) is 9.53 Å². The van der Waals surface area contributed by atoms with Crippen molar-refractivity contribution in [3.63, 3.8) is 0 Å². The van der Waals surface area contributed by atoms with Gasteiger partial charge in [0.15, 0.2) is 0 Å². The smallest absolute Gasteiger partial charge is 0.223 e. The number of amides is 1. The summed E-state index contributed by atoms with van der Waals surface area (Å²) in [5.41, 5.74) is 0.0965. The molecule has 2 rings (SSSR count). The van der Waals surface area contributed by atoms with Gasteiger partial charge in [-0.25, -0.2) is 0 Å². The molecule has 0 aromatic carbocycles. The Bertz CT molecular complexity index is 246. The first-order chi connectivity index (χ1) is 6.55. The van der Waals surface area contributed by atoms with E-state index in [1.54, 1.807) is 7.11 Å². The van der Waals surface area contributed by atoms with Crippen LogP contribution in [0.4, 0.5) is 0 Å². The average molecular weight is 197 g/mol. The third-order valence-corrected chi connectivity index (χ3v) is 3.73. The zero-order chi connectivity index (χ0) is 10.3. The molecule has 0 spiro atoms. The Kier molecular flexibility index (Phi) is 2.30. The zero-order valence-corrected chi connectivity index (χ0v) is 9.17. The van der Waals surface area contributed by atoms with Gasteiger partial charge < -0.3 is 10.1 Å². The monoisotopic (exact) mass is 197 g/mol. The van der Waals surface area contributed by atoms with E-state index in [-0.39, 0.29) is 11.3 Å². The number of ether oxygens (including phenoxy) is 1. The summed E-state index contributed by atoms with van der Waals surface area (Å²) in [6.45, 7) is 4.31. The van der Waals surface area contributed by atoms with Gasteiger partial charge in [0, 0.05) is 24.5 Å². The van der Waals surface area contributed by atoms with Crippen LogP contribution in [0.1, 0.15) is 33.1 Å². The predicted molar refractivity (Wildman–Crippen MR) is 53.8 cm³/mol. The topological polar surface area (TPSA) is 38.3 Å². The highest BCUT2D eigenvalue weighted by Crippen LogP contribution is 2.43. The molecule has 1 N–H and O–H groups in total. The van der Waals surface area contributed by atoms with E-state index in [4.69, 9.17) is 4.74 Å². The van der Waals surface area contributed by atoms with Crippen LogP contribution in [0.5, 0.6) is 0 Å². The van der Waals surface area contributed by atoms with Gasteiger partial charge in [-0.3, -0.25) is 4.79 Å². The number of hydrogen-bond acceptors (Lipinski definition) is 2. The molecule has 14 heavy (non-hydrogen) atoms. The predicted octanol–water partition coefficient (Wildman–Crippen LogP) is 1.33. The van der Waals surface area contributed by atoms with Crippen molar-refractivity contribution in [1.82, 2.24) is 5.32 Å². The maximum atomic E-state index is 11.5. The van der Waals surface area contributed by atoms with Crippen molar-refractivity contribution in [2.45, 2.75) is 45.3 Å². The summed E-state index contributed by atoms with van der Waals surface area (Å²) < 4.78 is 5.34. The maximum Gasteiger partial charge on any atom is 0.223 e. The molecular weight excluding hydrogens is 178 g/mol. The molecule has 1 amide bonds. The lowest BCUT2D eigenvalue weighted by molar-refractivity contribution is -0.133. The van der Waals surface area contributed by atoms with E-state index >= 15 is 0 Å². The van der Waals surface area contributed by atoms with Crippen LogP contribution in [0.15, 0.2) is 0 Å². The summed E-state index contributed by atoms with van der Waals surface area (Å²) in [5.74, 6) is 0.560. The fourth-order valence-corrected chi connectivity index (χ4v) is 2.17. The van der Waals surface area contributed by atoms with E-state index < -0.39 is 0 Å². The fourth-order valence-electron chi connectivity index (χ4n) is 2.17. The van der Waals surface area contributed by atoms with Crippen LogP contribution in [0.25, 0.3) is 0 Å². The standard InChI is InChI=1S/C11H19NO2/c1-11(2)8(6-9(11)14-3)12-10(13)7-4-5-7/h7-9H,4-6H2,1-3H3,(H,12,13). The van der Waals surface area contributed by atoms with Crippen molar-refractivity contribution in [3.8, 4) is 0 Å². The molecule has 2 fully saturated rings. The lowest BCUT2D eigenvalue weighted by Gasteiger charge is -2.51. The van der Waals surface area contributed by atoms with E-state index in [9.17, 15) is 4.79 Å². The molecule has 2 saturated carbocycles. The third-order valence-electron chi connectivity index (χ3n) is 3.73. The molecule has 3 heteroatoms. The van der Waals surface area contributed by atoms with Gasteiger partial charge in [0.05, 0.1) is 6.10 Å². The van der Waals surface area contributed by atoms with Crippen molar-refractivity contribution < 1.29 is 9.53 Å². The molecule has 80 valence electrons. The second kappa shape index (κ2) is 3.23. The second-order valence-corrected chi connectivity index (χ2v) is 5.12. The summed E-state index contributed by atoms with van der Waals surface area (Å²) in [4.78, 5) is 11.5. The van der Waals surface area contributed by atoms with E-state index in [1.165, 1.54) is 0 Å². The van der Waals surface area contributed by atoms with Crippen molar-refractivity contribution in [3.05, 3.63) is 0 Å². The lowest BCUT2D eigenvalue weighted by Crippen LogP contribution is -2.62. The minimum Gasteiger partial charge on any atom is -0.381 e. The summed E-state index contributed by atoms with van der Waals surface area (Å²) >= 11 is 0. The molecule has 2 aliphatic carbocycles. The van der Waals surface area contributed by atoms with Gasteiger partial charge in [-0.1, -0.05) is 13.8 Å². The van der Waals surface area contributed by atoms with E-state index in [0.29, 0.717) is 18.1 Å². The molecule has 0 saturated heterocycles. The first-order valence-corrected chi connectivity index (χ1v) is 5.39. The molecule has 2 atom stereocenters. The molecular formula is C11H19NO2. The van der Waals surface area contributed by atoms with Gasteiger partial charge in [-0.2, -0.15) is 0 Å². The first kappa shape index (κ1) is 9.97. The Labute approximate surface area is 85.2 Å². The van der Waals surface area contributed by atoms with Crippen LogP contribution in [0.3, 0.4) is 0 Å². The quantitative estimate of drug-likeness (QED) is 0.741. The fraction of sp³-hybridized carbons (Fsp3) is 0.909. The number of carbonyl (C=O) groups excluding carboxylic acids is 1. The Morgan fingerprint density at radius 3 is 2.50 bits per heavy atom. The summed E-state index contributed by atoms with van der Waals surface area (Å²) in [7, 11) is 1.74. The van der Waals surface area contributed by atoms with Gasteiger partial charge in [-0.05, 0) is 19.3 Å². The Morgan fingerprint density at radius 2 is 2.07 bits per heavy atom. The van der Waals surface area contributed by atoms with E-state index in [0.717, 1.165) is 19.3 Å². The minimum absolute atomic E-state index is 0.0965. The van der Waals surface area contributed by atoms with Crippen LogP contribution in [-0.4, -0.2) is 25.2 Å². The molecule has 3 nitrogen and oxygen atoms in total. The Morgan fingerprint density at radius 1 is 1.43 bits per heavy atom. The Balaban J connectivity index is 1.85. The number of rotatable bonds is 3. The van der Waals surface area contributed by atoms with Gasteiger partial charge in [-0.15, -0.1) is 0 Å². The highest BCUT2D eigenvalue weighted by Gasteiger charge is 2.50. The van der Waals surface area contributed by atoms with Gasteiger partial charge in [0.1, 0.15) is 0 Å². The second-order valence-electron chi connectivity index (χ2n) is 5.12. The third kappa shape index (κ3) is 1.54. The molecule has 0 heterocycles. The minimum atomic E-state index is 0.0965. The summed E-state index contributed by atoms with van der Waals surface area (Å²) in [6, 6.07) is 0.306. The molecule has 0 aromatic heterocycles. The van der Waals surface area contributed by atoms with Crippen LogP contribution in [0.2, 0.25) is 0 Å². The van der Waals surface area contributed by atoms with Crippen LogP contribution in [0, 0.1) is 11.3 Å². The van der Waals surface area contributed by atoms with E-state index in [1.807, 2.05) is 0 Å². The van der Waals surface area contributed by atoms with Crippen molar-refractivity contribution in [2.24, 2.45) is 11.3 Å². The largest absolute Gasteiger partial charge is 0.381 e. The van der Waals surface area contributed by atoms with Crippen molar-refractivity contribution in [1.29, 1.82) is 0 Å². The van der Waals surface area contributed by atoms with Gasteiger partial charge in [0.25, 0.3) is 0 Å². The lowest BCUT2D eigenvalue weighted by atomic mass is 9.64. The molecule has 2 aliphatic rings. The van der Waals surface area contributed by atoms with Crippen LogP contribution >= 0.6 is 0 Å². The van der Waals surface area contributed by atoms with Crippen LogP contribution < -0.4 is 5.32 Å². The highest BCUT2D eigenvalue weighted by atomic mass is 16.5. The summed E-state index contributed by atoms with van der Waals surface area (Å²) in [6.07, 6.45) is 3.41. The van der Waals surface area contributed by atoms with Gasteiger partial charge in [0.2, 0.25) is 5.91 Å². The maximum absolute atomic E-state index is 11.5.